The highest BCUT2D eigenvalue weighted by atomic mass is 32.1. The zero-order chi connectivity index (χ0) is 22.7. The van der Waals surface area contributed by atoms with Crippen LogP contribution >= 0.6 is 11.3 Å². The number of thiophene rings is 1. The van der Waals surface area contributed by atoms with E-state index in [0.717, 1.165) is 27.0 Å². The van der Waals surface area contributed by atoms with Crippen molar-refractivity contribution in [3.8, 4) is 5.75 Å². The van der Waals surface area contributed by atoms with Gasteiger partial charge in [0.25, 0.3) is 5.91 Å². The summed E-state index contributed by atoms with van der Waals surface area (Å²) in [6.45, 7) is 2.82. The number of benzene rings is 3. The lowest BCUT2D eigenvalue weighted by Crippen LogP contribution is -2.17. The van der Waals surface area contributed by atoms with Crippen molar-refractivity contribution in [2.75, 3.05) is 18.2 Å². The Labute approximate surface area is 190 Å². The number of fused-ring (bicyclic) bond motifs is 1. The molecule has 0 fully saturated rings. The summed E-state index contributed by atoms with van der Waals surface area (Å²) in [5, 5.41) is 7.21. The smallest absolute Gasteiger partial charge is 0.265 e. The van der Waals surface area contributed by atoms with E-state index < -0.39 is 5.82 Å². The summed E-state index contributed by atoms with van der Waals surface area (Å²) in [5.41, 5.74) is 8.70. The first-order valence-corrected chi connectivity index (χ1v) is 11.0. The highest BCUT2D eigenvalue weighted by Crippen LogP contribution is 2.30. The third-order valence-corrected chi connectivity index (χ3v) is 6.37. The first-order chi connectivity index (χ1) is 15.4. The Bertz CT molecular complexity index is 1270. The van der Waals surface area contributed by atoms with Gasteiger partial charge in [-0.25, -0.2) is 4.39 Å². The fraction of sp³-hybridized carbons (Fsp3) is 0.160. The van der Waals surface area contributed by atoms with Crippen molar-refractivity contribution >= 4 is 38.7 Å². The van der Waals surface area contributed by atoms with Gasteiger partial charge < -0.3 is 21.1 Å². The number of hydrogen-bond acceptors (Lipinski definition) is 5. The van der Waals surface area contributed by atoms with E-state index in [-0.39, 0.29) is 17.6 Å². The molecule has 5 nitrogen and oxygen atoms in total. The van der Waals surface area contributed by atoms with E-state index in [0.29, 0.717) is 17.1 Å². The fourth-order valence-electron chi connectivity index (χ4n) is 3.42. The summed E-state index contributed by atoms with van der Waals surface area (Å²) in [6.07, 6.45) is 0. The number of carbonyl (C=O) groups excluding carboxylic acids is 1. The largest absolute Gasteiger partial charge is 0.497 e. The topological polar surface area (TPSA) is 76.4 Å². The zero-order valence-corrected chi connectivity index (χ0v) is 18.6. The normalized spacial score (nSPS) is 12.0. The second-order valence-electron chi connectivity index (χ2n) is 7.55. The van der Waals surface area contributed by atoms with Crippen LogP contribution in [0.4, 0.5) is 15.8 Å². The summed E-state index contributed by atoms with van der Waals surface area (Å²) in [5.74, 6) is 0.0722. The molecule has 0 aliphatic rings. The Kier molecular flexibility index (Phi) is 6.39. The number of halogens is 1. The van der Waals surface area contributed by atoms with E-state index in [1.54, 1.807) is 7.11 Å². The van der Waals surface area contributed by atoms with Crippen LogP contribution in [0, 0.1) is 5.82 Å². The van der Waals surface area contributed by atoms with Crippen LogP contribution in [0.5, 0.6) is 5.75 Å². The van der Waals surface area contributed by atoms with Gasteiger partial charge in [-0.2, -0.15) is 0 Å². The van der Waals surface area contributed by atoms with Crippen LogP contribution < -0.4 is 21.1 Å². The third kappa shape index (κ3) is 4.90. The maximum atomic E-state index is 13.5. The van der Waals surface area contributed by atoms with Crippen LogP contribution in [-0.4, -0.2) is 13.0 Å². The molecule has 4 N–H and O–H groups in total. The molecule has 4 rings (SSSR count). The maximum absolute atomic E-state index is 13.5. The second kappa shape index (κ2) is 9.38. The molecule has 0 saturated heterocycles. The molecule has 0 bridgehead atoms. The minimum atomic E-state index is -0.453. The van der Waals surface area contributed by atoms with Crippen LogP contribution in [0.1, 0.15) is 33.8 Å². The molecule has 4 aromatic rings. The van der Waals surface area contributed by atoms with Crippen molar-refractivity contribution in [1.29, 1.82) is 0 Å². The molecule has 3 aromatic carbocycles. The lowest BCUT2D eigenvalue weighted by Gasteiger charge is -2.15. The van der Waals surface area contributed by atoms with Gasteiger partial charge >= 0.3 is 0 Å². The molecule has 0 radical (unpaired) electrons. The molecule has 164 valence electrons. The highest BCUT2D eigenvalue weighted by molar-refractivity contribution is 7.20. The van der Waals surface area contributed by atoms with Crippen LogP contribution in [0.3, 0.4) is 0 Å². The standard InChI is InChI=1S/C25H24FN3O2S/c1-15(28-14-16-4-3-5-20(10-16)31-2)17-6-7-18-12-24(32-23(18)11-17)25(30)29-22-13-19(26)8-9-21(22)27/h3-13,15,28H,14,27H2,1-2H3,(H,29,30). The van der Waals surface area contributed by atoms with E-state index in [9.17, 15) is 9.18 Å². The predicted octanol–water partition coefficient (Wildman–Crippen LogP) is 5.73. The lowest BCUT2D eigenvalue weighted by molar-refractivity contribution is 0.103. The maximum Gasteiger partial charge on any atom is 0.265 e. The number of methoxy groups -OCH3 is 1. The molecule has 32 heavy (non-hydrogen) atoms. The number of nitrogen functional groups attached to an aromatic ring is 1. The van der Waals surface area contributed by atoms with Crippen LogP contribution in [0.25, 0.3) is 10.1 Å². The summed E-state index contributed by atoms with van der Waals surface area (Å²) in [6, 6.07) is 20.0. The van der Waals surface area contributed by atoms with Crippen molar-refractivity contribution in [2.24, 2.45) is 0 Å². The number of nitrogens with one attached hydrogen (secondary N) is 2. The summed E-state index contributed by atoms with van der Waals surface area (Å²) < 4.78 is 19.8. The minimum absolute atomic E-state index is 0.122. The summed E-state index contributed by atoms with van der Waals surface area (Å²) in [7, 11) is 1.66. The molecule has 0 aliphatic heterocycles. The molecule has 1 amide bonds. The van der Waals surface area contributed by atoms with Gasteiger partial charge in [-0.15, -0.1) is 11.3 Å². The van der Waals surface area contributed by atoms with Gasteiger partial charge in [-0.3, -0.25) is 4.79 Å². The van der Waals surface area contributed by atoms with Gasteiger partial charge in [0.15, 0.2) is 0 Å². The number of rotatable bonds is 7. The van der Waals surface area contributed by atoms with Crippen LogP contribution in [0.15, 0.2) is 66.7 Å². The minimum Gasteiger partial charge on any atom is -0.497 e. The second-order valence-corrected chi connectivity index (χ2v) is 8.63. The first-order valence-electron chi connectivity index (χ1n) is 10.2. The van der Waals surface area contributed by atoms with E-state index >= 15 is 0 Å². The fourth-order valence-corrected chi connectivity index (χ4v) is 4.43. The lowest BCUT2D eigenvalue weighted by atomic mass is 10.1. The van der Waals surface area contributed by atoms with Crippen molar-refractivity contribution in [3.63, 3.8) is 0 Å². The number of nitrogens with two attached hydrogens (primary N) is 1. The van der Waals surface area contributed by atoms with Gasteiger partial charge in [0.1, 0.15) is 11.6 Å². The molecule has 1 aromatic heterocycles. The Morgan fingerprint density at radius 2 is 1.97 bits per heavy atom. The average Bonchev–Trinajstić information content (AvgIpc) is 3.23. The molecule has 1 heterocycles. The van der Waals surface area contributed by atoms with Crippen molar-refractivity contribution in [3.05, 3.63) is 88.6 Å². The van der Waals surface area contributed by atoms with Crippen molar-refractivity contribution in [1.82, 2.24) is 5.32 Å². The summed E-state index contributed by atoms with van der Waals surface area (Å²) >= 11 is 1.39. The number of ether oxygens (including phenoxy) is 1. The molecule has 1 atom stereocenters. The van der Waals surface area contributed by atoms with Gasteiger partial charge in [0.2, 0.25) is 0 Å². The molecular formula is C25H24FN3O2S. The summed E-state index contributed by atoms with van der Waals surface area (Å²) in [4.78, 5) is 13.2. The molecule has 0 aliphatic carbocycles. The molecular weight excluding hydrogens is 425 g/mol. The van der Waals surface area contributed by atoms with Crippen LogP contribution in [-0.2, 0) is 6.54 Å². The Hall–Kier alpha value is -3.42. The van der Waals surface area contributed by atoms with Gasteiger partial charge in [-0.1, -0.05) is 24.3 Å². The SMILES string of the molecule is COc1cccc(CNC(C)c2ccc3cc(C(=O)Nc4cc(F)ccc4N)sc3c2)c1. The van der Waals surface area contributed by atoms with E-state index in [1.165, 1.54) is 29.5 Å². The van der Waals surface area contributed by atoms with Crippen molar-refractivity contribution in [2.45, 2.75) is 19.5 Å². The predicted molar refractivity (Wildman–Crippen MR) is 129 cm³/mol. The van der Waals surface area contributed by atoms with Crippen molar-refractivity contribution < 1.29 is 13.9 Å². The monoisotopic (exact) mass is 449 g/mol. The Balaban J connectivity index is 1.47. The third-order valence-electron chi connectivity index (χ3n) is 5.28. The van der Waals surface area contributed by atoms with E-state index in [4.69, 9.17) is 10.5 Å². The molecule has 0 spiro atoms. The molecule has 7 heteroatoms. The Morgan fingerprint density at radius 1 is 1.12 bits per heavy atom. The quantitative estimate of drug-likeness (QED) is 0.315. The molecule has 0 saturated carbocycles. The number of anilines is 2. The average molecular weight is 450 g/mol. The first kappa shape index (κ1) is 21.8. The van der Waals surface area contributed by atoms with Gasteiger partial charge in [-0.05, 0) is 65.9 Å². The highest BCUT2D eigenvalue weighted by Gasteiger charge is 2.14. The van der Waals surface area contributed by atoms with E-state index in [1.807, 2.05) is 30.3 Å². The van der Waals surface area contributed by atoms with Gasteiger partial charge in [0.05, 0.1) is 23.4 Å². The van der Waals surface area contributed by atoms with E-state index in [2.05, 4.69) is 35.8 Å². The number of carbonyl (C=O) groups is 1. The molecule has 1 unspecified atom stereocenters. The Morgan fingerprint density at radius 3 is 2.78 bits per heavy atom. The number of hydrogen-bond donors (Lipinski definition) is 3. The zero-order valence-electron chi connectivity index (χ0n) is 17.8. The van der Waals surface area contributed by atoms with Crippen LogP contribution in [0.2, 0.25) is 0 Å². The number of amides is 1. The van der Waals surface area contributed by atoms with Gasteiger partial charge in [0, 0.05) is 17.3 Å².